The summed E-state index contributed by atoms with van der Waals surface area (Å²) >= 11 is 0. The average Bonchev–Trinajstić information content (AvgIpc) is 2.84. The van der Waals surface area contributed by atoms with Gasteiger partial charge in [-0.1, -0.05) is 6.07 Å². The molecule has 1 fully saturated rings. The van der Waals surface area contributed by atoms with E-state index in [4.69, 9.17) is 4.42 Å². The van der Waals surface area contributed by atoms with Crippen molar-refractivity contribution < 1.29 is 9.52 Å². The highest BCUT2D eigenvalue weighted by molar-refractivity contribution is 5.73. The van der Waals surface area contributed by atoms with Gasteiger partial charge in [0, 0.05) is 0 Å². The van der Waals surface area contributed by atoms with E-state index in [0.29, 0.717) is 0 Å². The molecule has 2 N–H and O–H groups in total. The van der Waals surface area contributed by atoms with Crippen molar-refractivity contribution in [3.63, 3.8) is 0 Å². The molecule has 0 saturated carbocycles. The molecule has 0 spiro atoms. The first-order chi connectivity index (χ1) is 7.34. The third-order valence-corrected chi connectivity index (χ3v) is 2.90. The Hall–Kier alpha value is -1.39. The summed E-state index contributed by atoms with van der Waals surface area (Å²) in [6.07, 6.45) is 1.95. The van der Waals surface area contributed by atoms with Crippen molar-refractivity contribution >= 4 is 11.1 Å². The van der Waals surface area contributed by atoms with Gasteiger partial charge >= 0.3 is 0 Å². The van der Waals surface area contributed by atoms with Crippen molar-refractivity contribution in [1.82, 2.24) is 10.3 Å². The van der Waals surface area contributed by atoms with Crippen LogP contribution in [0.3, 0.4) is 0 Å². The Labute approximate surface area is 86.9 Å². The summed E-state index contributed by atoms with van der Waals surface area (Å²) in [6.45, 7) is 0.864. The van der Waals surface area contributed by atoms with Crippen molar-refractivity contribution in [2.24, 2.45) is 0 Å². The number of benzene rings is 1. The fraction of sp³-hybridized carbons (Fsp3) is 0.364. The number of hydrogen-bond acceptors (Lipinski definition) is 4. The molecule has 2 aromatic rings. The zero-order chi connectivity index (χ0) is 10.3. The second-order valence-corrected chi connectivity index (χ2v) is 3.87. The predicted octanol–water partition coefficient (Wildman–Crippen LogP) is 1.22. The monoisotopic (exact) mass is 204 g/mol. The minimum Gasteiger partial charge on any atom is -0.443 e. The molecule has 1 saturated heterocycles. The maximum absolute atomic E-state index is 9.76. The number of rotatable bonds is 1. The quantitative estimate of drug-likeness (QED) is 0.733. The van der Waals surface area contributed by atoms with Crippen LogP contribution in [0.1, 0.15) is 18.0 Å². The van der Waals surface area contributed by atoms with Gasteiger partial charge in [-0.2, -0.15) is 0 Å². The molecule has 15 heavy (non-hydrogen) atoms. The highest BCUT2D eigenvalue weighted by Crippen LogP contribution is 2.26. The van der Waals surface area contributed by atoms with Crippen LogP contribution in [-0.2, 0) is 0 Å². The van der Waals surface area contributed by atoms with E-state index in [9.17, 15) is 5.11 Å². The van der Waals surface area contributed by atoms with Crippen LogP contribution in [0.5, 0.6) is 0 Å². The molecular weight excluding hydrogens is 192 g/mol. The molecule has 1 aromatic heterocycles. The van der Waals surface area contributed by atoms with E-state index in [1.165, 1.54) is 6.39 Å². The third-order valence-electron chi connectivity index (χ3n) is 2.90. The molecule has 1 aromatic carbocycles. The molecule has 4 heteroatoms. The zero-order valence-corrected chi connectivity index (χ0v) is 8.18. The van der Waals surface area contributed by atoms with Crippen LogP contribution in [0, 0.1) is 0 Å². The Morgan fingerprint density at radius 3 is 3.20 bits per heavy atom. The topological polar surface area (TPSA) is 58.3 Å². The molecule has 0 amide bonds. The van der Waals surface area contributed by atoms with Crippen LogP contribution < -0.4 is 5.32 Å². The summed E-state index contributed by atoms with van der Waals surface area (Å²) in [6, 6.07) is 5.86. The summed E-state index contributed by atoms with van der Waals surface area (Å²) in [5.74, 6) is 0. The lowest BCUT2D eigenvalue weighted by Crippen LogP contribution is -2.20. The van der Waals surface area contributed by atoms with E-state index in [0.717, 1.165) is 29.6 Å². The first-order valence-corrected chi connectivity index (χ1v) is 5.09. The maximum atomic E-state index is 9.76. The van der Waals surface area contributed by atoms with Crippen LogP contribution in [0.15, 0.2) is 29.0 Å². The first-order valence-electron chi connectivity index (χ1n) is 5.09. The number of hydrogen-bond donors (Lipinski definition) is 2. The van der Waals surface area contributed by atoms with Gasteiger partial charge in [0.25, 0.3) is 0 Å². The number of aromatic nitrogens is 1. The molecule has 1 aliphatic heterocycles. The minimum atomic E-state index is -0.297. The number of aliphatic hydroxyl groups is 1. The summed E-state index contributed by atoms with van der Waals surface area (Å²) < 4.78 is 5.17. The van der Waals surface area contributed by atoms with Gasteiger partial charge in [0.05, 0.1) is 12.1 Å². The van der Waals surface area contributed by atoms with E-state index in [1.54, 1.807) is 0 Å². The largest absolute Gasteiger partial charge is 0.443 e. The Morgan fingerprint density at radius 1 is 1.47 bits per heavy atom. The average molecular weight is 204 g/mol. The fourth-order valence-corrected chi connectivity index (χ4v) is 2.10. The molecule has 4 nitrogen and oxygen atoms in total. The molecule has 2 atom stereocenters. The lowest BCUT2D eigenvalue weighted by Gasteiger charge is -2.14. The van der Waals surface area contributed by atoms with Gasteiger partial charge in [0.1, 0.15) is 5.52 Å². The maximum Gasteiger partial charge on any atom is 0.181 e. The van der Waals surface area contributed by atoms with Crippen LogP contribution in [0.25, 0.3) is 11.1 Å². The standard InChI is InChI=1S/C11H12N2O2/c14-9-3-4-12-11(9)7-1-2-10-8(5-7)13-6-15-10/h1-2,5-6,9,11-12,14H,3-4H2. The van der Waals surface area contributed by atoms with Gasteiger partial charge < -0.3 is 14.8 Å². The summed E-state index contributed by atoms with van der Waals surface area (Å²) in [5.41, 5.74) is 2.70. The van der Waals surface area contributed by atoms with Crippen LogP contribution in [0.2, 0.25) is 0 Å². The Balaban J connectivity index is 2.03. The zero-order valence-electron chi connectivity index (χ0n) is 8.18. The highest BCUT2D eigenvalue weighted by atomic mass is 16.3. The normalized spacial score (nSPS) is 26.2. The van der Waals surface area contributed by atoms with Gasteiger partial charge in [-0.25, -0.2) is 4.98 Å². The fourth-order valence-electron chi connectivity index (χ4n) is 2.10. The van der Waals surface area contributed by atoms with Crippen molar-refractivity contribution in [3.05, 3.63) is 30.2 Å². The second kappa shape index (κ2) is 3.32. The van der Waals surface area contributed by atoms with Gasteiger partial charge in [-0.15, -0.1) is 0 Å². The number of oxazole rings is 1. The first kappa shape index (κ1) is 8.88. The number of fused-ring (bicyclic) bond motifs is 1. The van der Waals surface area contributed by atoms with Crippen molar-refractivity contribution in [1.29, 1.82) is 0 Å². The Bertz CT molecular complexity index is 480. The molecule has 0 aliphatic carbocycles. The van der Waals surface area contributed by atoms with Crippen molar-refractivity contribution in [2.75, 3.05) is 6.54 Å². The summed E-state index contributed by atoms with van der Waals surface area (Å²) in [5, 5.41) is 13.0. The molecule has 1 aliphatic rings. The SMILES string of the molecule is OC1CCNC1c1ccc2ocnc2c1. The van der Waals surface area contributed by atoms with E-state index < -0.39 is 0 Å². The van der Waals surface area contributed by atoms with Crippen LogP contribution >= 0.6 is 0 Å². The lowest BCUT2D eigenvalue weighted by atomic mass is 10.0. The van der Waals surface area contributed by atoms with Gasteiger partial charge in [-0.3, -0.25) is 0 Å². The van der Waals surface area contributed by atoms with Crippen molar-refractivity contribution in [3.8, 4) is 0 Å². The lowest BCUT2D eigenvalue weighted by molar-refractivity contribution is 0.160. The number of nitrogens with one attached hydrogen (secondary N) is 1. The van der Waals surface area contributed by atoms with Crippen LogP contribution in [-0.4, -0.2) is 22.7 Å². The minimum absolute atomic E-state index is 0.0334. The smallest absolute Gasteiger partial charge is 0.181 e. The van der Waals surface area contributed by atoms with E-state index in [2.05, 4.69) is 10.3 Å². The summed E-state index contributed by atoms with van der Waals surface area (Å²) in [4.78, 5) is 4.10. The van der Waals surface area contributed by atoms with Crippen LogP contribution in [0.4, 0.5) is 0 Å². The molecule has 0 bridgehead atoms. The number of nitrogens with zero attached hydrogens (tertiary/aromatic N) is 1. The summed E-state index contributed by atoms with van der Waals surface area (Å²) in [7, 11) is 0. The Kier molecular flexibility index (Phi) is 1.97. The second-order valence-electron chi connectivity index (χ2n) is 3.87. The van der Waals surface area contributed by atoms with Gasteiger partial charge in [-0.05, 0) is 30.7 Å². The van der Waals surface area contributed by atoms with Gasteiger partial charge in [0.2, 0.25) is 0 Å². The molecule has 2 heterocycles. The third kappa shape index (κ3) is 1.42. The molecule has 2 unspecified atom stereocenters. The predicted molar refractivity (Wildman–Crippen MR) is 55.4 cm³/mol. The highest BCUT2D eigenvalue weighted by Gasteiger charge is 2.26. The van der Waals surface area contributed by atoms with E-state index >= 15 is 0 Å². The Morgan fingerprint density at radius 2 is 2.40 bits per heavy atom. The molecular formula is C11H12N2O2. The molecule has 3 rings (SSSR count). The molecule has 0 radical (unpaired) electrons. The van der Waals surface area contributed by atoms with Crippen molar-refractivity contribution in [2.45, 2.75) is 18.6 Å². The van der Waals surface area contributed by atoms with E-state index in [1.807, 2.05) is 18.2 Å². The molecule has 78 valence electrons. The van der Waals surface area contributed by atoms with Gasteiger partial charge in [0.15, 0.2) is 12.0 Å². The van der Waals surface area contributed by atoms with E-state index in [-0.39, 0.29) is 12.1 Å². The number of aliphatic hydroxyl groups excluding tert-OH is 1.